The van der Waals surface area contributed by atoms with E-state index in [0.717, 1.165) is 0 Å². The first-order valence-electron chi connectivity index (χ1n) is 4.35. The van der Waals surface area contributed by atoms with E-state index in [4.69, 9.17) is 4.74 Å². The van der Waals surface area contributed by atoms with Gasteiger partial charge < -0.3 is 4.74 Å². The number of carbonyl (C=O) groups is 1. The van der Waals surface area contributed by atoms with Crippen molar-refractivity contribution in [2.75, 3.05) is 7.11 Å². The molecule has 0 bridgehead atoms. The van der Waals surface area contributed by atoms with E-state index in [1.165, 1.54) is 26.2 Å². The van der Waals surface area contributed by atoms with Gasteiger partial charge in [-0.3, -0.25) is 14.9 Å². The number of nitrogens with zero attached hydrogens (tertiary/aromatic N) is 1. The van der Waals surface area contributed by atoms with Crippen molar-refractivity contribution in [2.45, 2.75) is 13.3 Å². The molecule has 1 aromatic carbocycles. The number of hydrogen-bond donors (Lipinski definition) is 0. The molecule has 0 aromatic heterocycles. The minimum Gasteiger partial charge on any atom is -0.496 e. The average Bonchev–Trinajstić information content (AvgIpc) is 2.17. The summed E-state index contributed by atoms with van der Waals surface area (Å²) in [6, 6.07) is 4.22. The standard InChI is InChI=1S/C10H11NO4/c1-7(12)5-8-3-4-9(11(13)14)6-10(8)15-2/h3-4,6H,5H2,1-2H3. The van der Waals surface area contributed by atoms with Crippen molar-refractivity contribution >= 4 is 11.5 Å². The van der Waals surface area contributed by atoms with E-state index in [0.29, 0.717) is 11.3 Å². The Balaban J connectivity index is 3.08. The largest absolute Gasteiger partial charge is 0.496 e. The summed E-state index contributed by atoms with van der Waals surface area (Å²) in [6.07, 6.45) is 0.223. The molecule has 1 aromatic rings. The third-order valence-corrected chi connectivity index (χ3v) is 1.92. The molecule has 0 saturated carbocycles. The lowest BCUT2D eigenvalue weighted by Crippen LogP contribution is -2.00. The number of nitro benzene ring substituents is 1. The highest BCUT2D eigenvalue weighted by Crippen LogP contribution is 2.24. The lowest BCUT2D eigenvalue weighted by atomic mass is 10.1. The molecule has 0 aliphatic heterocycles. The van der Waals surface area contributed by atoms with Crippen LogP contribution in [-0.4, -0.2) is 17.8 Å². The second kappa shape index (κ2) is 4.54. The summed E-state index contributed by atoms with van der Waals surface area (Å²) in [7, 11) is 1.42. The minimum atomic E-state index is -0.500. The Morgan fingerprint density at radius 1 is 1.53 bits per heavy atom. The van der Waals surface area contributed by atoms with Gasteiger partial charge in [-0.2, -0.15) is 0 Å². The maximum atomic E-state index is 10.9. The number of ether oxygens (including phenoxy) is 1. The van der Waals surface area contributed by atoms with Gasteiger partial charge in [-0.1, -0.05) is 0 Å². The molecule has 0 unspecified atom stereocenters. The van der Waals surface area contributed by atoms with Gasteiger partial charge in [-0.05, 0) is 13.0 Å². The van der Waals surface area contributed by atoms with Crippen LogP contribution in [0.3, 0.4) is 0 Å². The van der Waals surface area contributed by atoms with Crippen molar-refractivity contribution in [3.05, 3.63) is 33.9 Å². The Morgan fingerprint density at radius 3 is 2.67 bits per heavy atom. The van der Waals surface area contributed by atoms with E-state index >= 15 is 0 Å². The number of benzene rings is 1. The molecule has 15 heavy (non-hydrogen) atoms. The molecule has 0 aliphatic carbocycles. The monoisotopic (exact) mass is 209 g/mol. The van der Waals surface area contributed by atoms with Gasteiger partial charge in [0.15, 0.2) is 0 Å². The third kappa shape index (κ3) is 2.77. The maximum Gasteiger partial charge on any atom is 0.273 e. The average molecular weight is 209 g/mol. The van der Waals surface area contributed by atoms with E-state index in [2.05, 4.69) is 0 Å². The molecule has 1 rings (SSSR count). The minimum absolute atomic E-state index is 0.0119. The summed E-state index contributed by atoms with van der Waals surface area (Å²) < 4.78 is 4.98. The highest BCUT2D eigenvalue weighted by molar-refractivity contribution is 5.79. The van der Waals surface area contributed by atoms with Gasteiger partial charge >= 0.3 is 0 Å². The van der Waals surface area contributed by atoms with Crippen LogP contribution in [-0.2, 0) is 11.2 Å². The fourth-order valence-electron chi connectivity index (χ4n) is 1.26. The Labute approximate surface area is 86.8 Å². The molecule has 0 fully saturated rings. The van der Waals surface area contributed by atoms with Crippen molar-refractivity contribution in [1.82, 2.24) is 0 Å². The number of nitro groups is 1. The summed E-state index contributed by atoms with van der Waals surface area (Å²) in [4.78, 5) is 20.9. The fourth-order valence-corrected chi connectivity index (χ4v) is 1.26. The SMILES string of the molecule is COc1cc([N+](=O)[O-])ccc1CC(C)=O. The number of carbonyl (C=O) groups excluding carboxylic acids is 1. The van der Waals surface area contributed by atoms with Crippen molar-refractivity contribution < 1.29 is 14.5 Å². The van der Waals surface area contributed by atoms with E-state index in [1.807, 2.05) is 0 Å². The lowest BCUT2D eigenvalue weighted by Gasteiger charge is -2.06. The first-order chi connectivity index (χ1) is 7.04. The number of ketones is 1. The number of Topliss-reactive ketones (excluding diaryl/α,β-unsaturated/α-hetero) is 1. The first kappa shape index (κ1) is 11.2. The highest BCUT2D eigenvalue weighted by atomic mass is 16.6. The molecule has 80 valence electrons. The molecule has 0 amide bonds. The number of hydrogen-bond acceptors (Lipinski definition) is 4. The zero-order valence-corrected chi connectivity index (χ0v) is 8.52. The van der Waals surface area contributed by atoms with Crippen molar-refractivity contribution in [2.24, 2.45) is 0 Å². The quantitative estimate of drug-likeness (QED) is 0.559. The van der Waals surface area contributed by atoms with Crippen LogP contribution in [0, 0.1) is 10.1 Å². The molecular formula is C10H11NO4. The van der Waals surface area contributed by atoms with Gasteiger partial charge in [0, 0.05) is 18.1 Å². The normalized spacial score (nSPS) is 9.73. The molecule has 0 heterocycles. The summed E-state index contributed by atoms with van der Waals surface area (Å²) >= 11 is 0. The van der Waals surface area contributed by atoms with Gasteiger partial charge in [0.1, 0.15) is 11.5 Å². The molecule has 0 N–H and O–H groups in total. The van der Waals surface area contributed by atoms with Crippen LogP contribution in [0.5, 0.6) is 5.75 Å². The lowest BCUT2D eigenvalue weighted by molar-refractivity contribution is -0.384. The Morgan fingerprint density at radius 2 is 2.20 bits per heavy atom. The zero-order valence-electron chi connectivity index (χ0n) is 8.52. The van der Waals surface area contributed by atoms with Crippen LogP contribution in [0.2, 0.25) is 0 Å². The second-order valence-electron chi connectivity index (χ2n) is 3.13. The summed E-state index contributed by atoms with van der Waals surface area (Å²) in [5.41, 5.74) is 0.620. The Hall–Kier alpha value is -1.91. The smallest absolute Gasteiger partial charge is 0.273 e. The topological polar surface area (TPSA) is 69.4 Å². The van der Waals surface area contributed by atoms with Crippen molar-refractivity contribution in [3.63, 3.8) is 0 Å². The molecule has 0 saturated heterocycles. The molecule has 0 atom stereocenters. The van der Waals surface area contributed by atoms with E-state index in [9.17, 15) is 14.9 Å². The summed E-state index contributed by atoms with van der Waals surface area (Å²) in [6.45, 7) is 1.46. The molecule has 5 heteroatoms. The summed E-state index contributed by atoms with van der Waals surface area (Å²) in [5, 5.41) is 10.5. The van der Waals surface area contributed by atoms with Crippen LogP contribution in [0.1, 0.15) is 12.5 Å². The maximum absolute atomic E-state index is 10.9. The van der Waals surface area contributed by atoms with E-state index in [-0.39, 0.29) is 17.9 Å². The van der Waals surface area contributed by atoms with Crippen LogP contribution >= 0.6 is 0 Å². The molecule has 0 spiro atoms. The van der Waals surface area contributed by atoms with Crippen LogP contribution in [0.4, 0.5) is 5.69 Å². The van der Waals surface area contributed by atoms with Gasteiger partial charge in [-0.15, -0.1) is 0 Å². The van der Waals surface area contributed by atoms with Crippen molar-refractivity contribution in [1.29, 1.82) is 0 Å². The van der Waals surface area contributed by atoms with E-state index in [1.54, 1.807) is 6.07 Å². The molecular weight excluding hydrogens is 198 g/mol. The van der Waals surface area contributed by atoms with Gasteiger partial charge in [0.05, 0.1) is 18.1 Å². The molecule has 5 nitrogen and oxygen atoms in total. The first-order valence-corrected chi connectivity index (χ1v) is 4.35. The summed E-state index contributed by atoms with van der Waals surface area (Å²) in [5.74, 6) is 0.363. The predicted octanol–water partition coefficient (Wildman–Crippen LogP) is 1.73. The van der Waals surface area contributed by atoms with Crippen molar-refractivity contribution in [3.8, 4) is 5.75 Å². The third-order valence-electron chi connectivity index (χ3n) is 1.92. The predicted molar refractivity (Wildman–Crippen MR) is 54.0 cm³/mol. The van der Waals surface area contributed by atoms with Crippen LogP contribution < -0.4 is 4.74 Å². The van der Waals surface area contributed by atoms with Crippen LogP contribution in [0.25, 0.3) is 0 Å². The number of methoxy groups -OCH3 is 1. The zero-order chi connectivity index (χ0) is 11.4. The van der Waals surface area contributed by atoms with Gasteiger partial charge in [0.25, 0.3) is 5.69 Å². The molecule has 0 radical (unpaired) electrons. The Bertz CT molecular complexity index is 400. The van der Waals surface area contributed by atoms with Gasteiger partial charge in [-0.25, -0.2) is 0 Å². The van der Waals surface area contributed by atoms with Gasteiger partial charge in [0.2, 0.25) is 0 Å². The van der Waals surface area contributed by atoms with E-state index < -0.39 is 4.92 Å². The second-order valence-corrected chi connectivity index (χ2v) is 3.13. The number of rotatable bonds is 4. The highest BCUT2D eigenvalue weighted by Gasteiger charge is 2.12. The Kier molecular flexibility index (Phi) is 3.38. The number of non-ortho nitro benzene ring substituents is 1. The fraction of sp³-hybridized carbons (Fsp3) is 0.300. The van der Waals surface area contributed by atoms with Crippen LogP contribution in [0.15, 0.2) is 18.2 Å². The molecule has 0 aliphatic rings.